The summed E-state index contributed by atoms with van der Waals surface area (Å²) in [6.45, 7) is 2.65. The Morgan fingerprint density at radius 2 is 1.88 bits per heavy atom. The first-order valence-electron chi connectivity index (χ1n) is 8.67. The molecule has 1 aromatic rings. The summed E-state index contributed by atoms with van der Waals surface area (Å²) in [6, 6.07) is 6.76. The Bertz CT molecular complexity index is 722. The highest BCUT2D eigenvalue weighted by molar-refractivity contribution is 7.89. The van der Waals surface area contributed by atoms with Gasteiger partial charge in [0.15, 0.2) is 0 Å². The van der Waals surface area contributed by atoms with Crippen LogP contribution in [0.4, 0.5) is 0 Å². The van der Waals surface area contributed by atoms with E-state index in [0.717, 1.165) is 12.8 Å². The maximum atomic E-state index is 13.0. The number of benzene rings is 1. The molecule has 2 aliphatic rings. The van der Waals surface area contributed by atoms with Gasteiger partial charge in [-0.05, 0) is 32.0 Å². The lowest BCUT2D eigenvalue weighted by Gasteiger charge is -2.33. The van der Waals surface area contributed by atoms with Crippen LogP contribution in [-0.2, 0) is 14.8 Å². The number of ether oxygens (including phenoxy) is 1. The molecule has 2 aliphatic heterocycles. The Labute approximate surface area is 161 Å². The summed E-state index contributed by atoms with van der Waals surface area (Å²) >= 11 is 0. The molecule has 2 fully saturated rings. The van der Waals surface area contributed by atoms with Crippen molar-refractivity contribution in [2.45, 2.75) is 23.8 Å². The van der Waals surface area contributed by atoms with E-state index in [1.807, 2.05) is 7.05 Å². The average molecular weight is 404 g/mol. The zero-order valence-electron chi connectivity index (χ0n) is 14.9. The fourth-order valence-electron chi connectivity index (χ4n) is 3.36. The summed E-state index contributed by atoms with van der Waals surface area (Å²) in [7, 11) is -1.82. The summed E-state index contributed by atoms with van der Waals surface area (Å²) in [5, 5.41) is 3.20. The highest BCUT2D eigenvalue weighted by Gasteiger charge is 2.32. The number of hydrogen-bond acceptors (Lipinski definition) is 5. The molecule has 9 heteroatoms. The number of carbonyl (C=O) groups is 1. The Balaban J connectivity index is 0.00000243. The Hall–Kier alpha value is -1.19. The number of sulfonamides is 1. The van der Waals surface area contributed by atoms with Gasteiger partial charge >= 0.3 is 0 Å². The monoisotopic (exact) mass is 403 g/mol. The van der Waals surface area contributed by atoms with Crippen LogP contribution in [0.1, 0.15) is 23.2 Å². The number of nitrogens with zero attached hydrogens (tertiary/aromatic N) is 2. The molecular weight excluding hydrogens is 378 g/mol. The van der Waals surface area contributed by atoms with E-state index < -0.39 is 10.0 Å². The van der Waals surface area contributed by atoms with Gasteiger partial charge in [-0.1, -0.05) is 12.1 Å². The van der Waals surface area contributed by atoms with E-state index in [0.29, 0.717) is 39.4 Å². The fraction of sp³-hybridized carbons (Fsp3) is 0.588. The number of likely N-dealkylation sites (N-methyl/N-ethyl adjacent to an activating group) is 1. The molecule has 1 amide bonds. The van der Waals surface area contributed by atoms with Crippen LogP contribution in [0.3, 0.4) is 0 Å². The van der Waals surface area contributed by atoms with E-state index in [-0.39, 0.29) is 34.8 Å². The Morgan fingerprint density at radius 3 is 2.58 bits per heavy atom. The summed E-state index contributed by atoms with van der Waals surface area (Å²) < 4.78 is 32.6. The van der Waals surface area contributed by atoms with Crippen LogP contribution in [-0.4, -0.2) is 76.0 Å². The number of halogens is 1. The number of morpholine rings is 1. The Kier molecular flexibility index (Phi) is 7.42. The van der Waals surface area contributed by atoms with Gasteiger partial charge in [0.1, 0.15) is 0 Å². The van der Waals surface area contributed by atoms with Crippen molar-refractivity contribution in [3.05, 3.63) is 29.8 Å². The van der Waals surface area contributed by atoms with Gasteiger partial charge < -0.3 is 15.0 Å². The zero-order valence-corrected chi connectivity index (χ0v) is 16.5. The van der Waals surface area contributed by atoms with Crippen molar-refractivity contribution in [2.24, 2.45) is 0 Å². The second-order valence-electron chi connectivity index (χ2n) is 6.39. The first-order valence-corrected chi connectivity index (χ1v) is 10.1. The van der Waals surface area contributed by atoms with Gasteiger partial charge in [-0.15, -0.1) is 12.4 Å². The van der Waals surface area contributed by atoms with Crippen molar-refractivity contribution >= 4 is 28.3 Å². The Morgan fingerprint density at radius 1 is 1.19 bits per heavy atom. The molecule has 0 aromatic heterocycles. The van der Waals surface area contributed by atoms with E-state index in [2.05, 4.69) is 5.32 Å². The lowest BCUT2D eigenvalue weighted by molar-refractivity contribution is 0.0690. The van der Waals surface area contributed by atoms with Crippen LogP contribution in [0.5, 0.6) is 0 Å². The zero-order chi connectivity index (χ0) is 17.9. The number of rotatable bonds is 4. The van der Waals surface area contributed by atoms with E-state index in [4.69, 9.17) is 4.74 Å². The van der Waals surface area contributed by atoms with Gasteiger partial charge in [0.25, 0.3) is 5.91 Å². The van der Waals surface area contributed by atoms with Gasteiger partial charge in [-0.25, -0.2) is 8.42 Å². The topological polar surface area (TPSA) is 79.0 Å². The predicted molar refractivity (Wildman–Crippen MR) is 101 cm³/mol. The summed E-state index contributed by atoms with van der Waals surface area (Å²) in [5.74, 6) is -0.215. The predicted octanol–water partition coefficient (Wildman–Crippen LogP) is 0.953. The number of piperidine rings is 1. The average Bonchev–Trinajstić information content (AvgIpc) is 2.68. The number of hydrogen-bond donors (Lipinski definition) is 1. The maximum Gasteiger partial charge on any atom is 0.255 e. The van der Waals surface area contributed by atoms with E-state index >= 15 is 0 Å². The van der Waals surface area contributed by atoms with Gasteiger partial charge in [0.2, 0.25) is 10.0 Å². The third-order valence-electron chi connectivity index (χ3n) is 4.82. The third-order valence-corrected chi connectivity index (χ3v) is 6.78. The van der Waals surface area contributed by atoms with Crippen molar-refractivity contribution in [3.8, 4) is 0 Å². The van der Waals surface area contributed by atoms with Gasteiger partial charge in [-0.2, -0.15) is 4.31 Å². The molecule has 1 unspecified atom stereocenters. The molecule has 2 saturated heterocycles. The van der Waals surface area contributed by atoms with Gasteiger partial charge in [0.05, 0.1) is 23.7 Å². The first kappa shape index (κ1) is 21.1. The van der Waals surface area contributed by atoms with Gasteiger partial charge in [-0.3, -0.25) is 4.79 Å². The van der Waals surface area contributed by atoms with E-state index in [1.165, 1.54) is 10.4 Å². The van der Waals surface area contributed by atoms with Crippen molar-refractivity contribution in [1.29, 1.82) is 0 Å². The van der Waals surface area contributed by atoms with Crippen LogP contribution in [0.2, 0.25) is 0 Å². The number of nitrogens with one attached hydrogen (secondary N) is 1. The molecular formula is C17H26ClN3O4S. The molecule has 0 radical (unpaired) electrons. The van der Waals surface area contributed by atoms with Crippen LogP contribution in [0.15, 0.2) is 29.2 Å². The largest absolute Gasteiger partial charge is 0.379 e. The lowest BCUT2D eigenvalue weighted by Crippen LogP contribution is -2.47. The molecule has 0 saturated carbocycles. The number of amides is 1. The minimum atomic E-state index is -3.71. The molecule has 7 nitrogen and oxygen atoms in total. The maximum absolute atomic E-state index is 13.0. The molecule has 3 rings (SSSR count). The highest BCUT2D eigenvalue weighted by atomic mass is 35.5. The number of likely N-dealkylation sites (tertiary alicyclic amines) is 1. The molecule has 1 atom stereocenters. The van der Waals surface area contributed by atoms with Crippen molar-refractivity contribution in [1.82, 2.24) is 14.5 Å². The summed E-state index contributed by atoms with van der Waals surface area (Å²) in [4.78, 5) is 14.8. The van der Waals surface area contributed by atoms with Crippen LogP contribution in [0, 0.1) is 0 Å². The summed E-state index contributed by atoms with van der Waals surface area (Å²) in [5.41, 5.74) is 0.255. The molecule has 0 spiro atoms. The van der Waals surface area contributed by atoms with Crippen LogP contribution in [0.25, 0.3) is 0 Å². The lowest BCUT2D eigenvalue weighted by atomic mass is 10.0. The SMILES string of the molecule is CNC1CCCN(C(=O)c2ccccc2S(=O)(=O)N2CCOCC2)C1.Cl. The fourth-order valence-corrected chi connectivity index (χ4v) is 4.95. The first-order chi connectivity index (χ1) is 12.0. The van der Waals surface area contributed by atoms with Gasteiger partial charge in [0, 0.05) is 32.2 Å². The number of carbonyl (C=O) groups excluding carboxylic acids is 1. The molecule has 26 heavy (non-hydrogen) atoms. The molecule has 1 aromatic carbocycles. The van der Waals surface area contributed by atoms with E-state index in [1.54, 1.807) is 23.1 Å². The van der Waals surface area contributed by atoms with Crippen molar-refractivity contribution < 1.29 is 17.9 Å². The minimum absolute atomic E-state index is 0. The quantitative estimate of drug-likeness (QED) is 0.809. The second kappa shape index (κ2) is 9.14. The third kappa shape index (κ3) is 4.37. The second-order valence-corrected chi connectivity index (χ2v) is 8.30. The minimum Gasteiger partial charge on any atom is -0.379 e. The van der Waals surface area contributed by atoms with E-state index in [9.17, 15) is 13.2 Å². The molecule has 0 aliphatic carbocycles. The van der Waals surface area contributed by atoms with Crippen LogP contribution >= 0.6 is 12.4 Å². The molecule has 0 bridgehead atoms. The molecule has 2 heterocycles. The standard InChI is InChI=1S/C17H25N3O4S.ClH/c1-18-14-5-4-8-19(13-14)17(21)15-6-2-3-7-16(15)25(22,23)20-9-11-24-12-10-20;/h2-3,6-7,14,18H,4-5,8-13H2,1H3;1H. The van der Waals surface area contributed by atoms with Crippen LogP contribution < -0.4 is 5.32 Å². The molecule has 1 N–H and O–H groups in total. The highest BCUT2D eigenvalue weighted by Crippen LogP contribution is 2.23. The van der Waals surface area contributed by atoms with Crippen molar-refractivity contribution in [2.75, 3.05) is 46.4 Å². The van der Waals surface area contributed by atoms with Crippen molar-refractivity contribution in [3.63, 3.8) is 0 Å². The molecule has 146 valence electrons. The smallest absolute Gasteiger partial charge is 0.255 e. The normalized spacial score (nSPS) is 21.9. The summed E-state index contributed by atoms with van der Waals surface area (Å²) in [6.07, 6.45) is 1.93.